The number of nitrogens with zero attached hydrogens (tertiary/aromatic N) is 3. The number of nitrogens with two attached hydrogens (primary N) is 1. The van der Waals surface area contributed by atoms with E-state index in [1.165, 1.54) is 0 Å². The molecular weight excluding hydrogens is 252 g/mol. The first kappa shape index (κ1) is 15.0. The lowest BCUT2D eigenvalue weighted by Crippen LogP contribution is -2.38. The number of aliphatic hydroxyl groups is 1. The van der Waals surface area contributed by atoms with Gasteiger partial charge in [0.15, 0.2) is 0 Å². The molecular formula is C15H26N4O. The van der Waals surface area contributed by atoms with Gasteiger partial charge in [-0.2, -0.15) is 0 Å². The van der Waals surface area contributed by atoms with E-state index in [-0.39, 0.29) is 12.0 Å². The standard InChI is InChI=1S/C15H26N4O/c1-10-12(16)17-14(15(2,3)4)18-13(10)19-7-5-6-11(8-19)9-20/h11,20H,5-9H2,1-4H3,(H2,16,17,18). The zero-order valence-corrected chi connectivity index (χ0v) is 13.0. The quantitative estimate of drug-likeness (QED) is 0.864. The first-order valence-corrected chi connectivity index (χ1v) is 7.33. The average molecular weight is 278 g/mol. The number of hydrogen-bond donors (Lipinski definition) is 2. The maximum absolute atomic E-state index is 9.38. The van der Waals surface area contributed by atoms with E-state index >= 15 is 0 Å². The number of rotatable bonds is 2. The molecule has 1 aromatic rings. The van der Waals surface area contributed by atoms with Crippen LogP contribution in [0.3, 0.4) is 0 Å². The Morgan fingerprint density at radius 2 is 2.05 bits per heavy atom. The van der Waals surface area contributed by atoms with E-state index in [1.807, 2.05) is 6.92 Å². The lowest BCUT2D eigenvalue weighted by atomic mass is 9.95. The van der Waals surface area contributed by atoms with Crippen LogP contribution in [-0.4, -0.2) is 34.8 Å². The minimum absolute atomic E-state index is 0.122. The van der Waals surface area contributed by atoms with Gasteiger partial charge in [-0.3, -0.25) is 0 Å². The van der Waals surface area contributed by atoms with Crippen LogP contribution in [0.5, 0.6) is 0 Å². The fourth-order valence-corrected chi connectivity index (χ4v) is 2.57. The minimum atomic E-state index is -0.122. The maximum Gasteiger partial charge on any atom is 0.138 e. The highest BCUT2D eigenvalue weighted by molar-refractivity contribution is 5.57. The molecule has 1 fully saturated rings. The Hall–Kier alpha value is -1.36. The van der Waals surface area contributed by atoms with E-state index in [4.69, 9.17) is 10.7 Å². The van der Waals surface area contributed by atoms with Crippen LogP contribution in [0.15, 0.2) is 0 Å². The van der Waals surface area contributed by atoms with Crippen molar-refractivity contribution in [3.8, 4) is 0 Å². The van der Waals surface area contributed by atoms with Crippen LogP contribution in [-0.2, 0) is 5.41 Å². The fraction of sp³-hybridized carbons (Fsp3) is 0.733. The summed E-state index contributed by atoms with van der Waals surface area (Å²) in [7, 11) is 0. The van der Waals surface area contributed by atoms with Crippen molar-refractivity contribution in [2.75, 3.05) is 30.3 Å². The van der Waals surface area contributed by atoms with E-state index < -0.39 is 0 Å². The Bertz CT molecular complexity index is 481. The van der Waals surface area contributed by atoms with E-state index in [1.54, 1.807) is 0 Å². The predicted octanol–water partition coefficient (Wildman–Crippen LogP) is 1.87. The molecule has 1 unspecified atom stereocenters. The molecule has 0 amide bonds. The predicted molar refractivity (Wildman–Crippen MR) is 81.9 cm³/mol. The molecule has 1 saturated heterocycles. The van der Waals surface area contributed by atoms with Crippen molar-refractivity contribution in [3.63, 3.8) is 0 Å². The van der Waals surface area contributed by atoms with Crippen molar-refractivity contribution < 1.29 is 5.11 Å². The van der Waals surface area contributed by atoms with Crippen molar-refractivity contribution >= 4 is 11.6 Å². The molecule has 5 heteroatoms. The third-order valence-electron chi connectivity index (χ3n) is 3.91. The first-order valence-electron chi connectivity index (χ1n) is 7.33. The molecule has 3 N–H and O–H groups in total. The Morgan fingerprint density at radius 3 is 2.65 bits per heavy atom. The van der Waals surface area contributed by atoms with Crippen LogP contribution >= 0.6 is 0 Å². The van der Waals surface area contributed by atoms with E-state index in [0.29, 0.717) is 11.7 Å². The van der Waals surface area contributed by atoms with E-state index in [9.17, 15) is 5.11 Å². The Labute approximate surface area is 121 Å². The Kier molecular flexibility index (Phi) is 4.18. The molecule has 0 bridgehead atoms. The van der Waals surface area contributed by atoms with Gasteiger partial charge in [-0.25, -0.2) is 9.97 Å². The number of nitrogen functional groups attached to an aromatic ring is 1. The molecule has 0 radical (unpaired) electrons. The summed E-state index contributed by atoms with van der Waals surface area (Å²) in [5.41, 5.74) is 6.88. The third kappa shape index (κ3) is 3.03. The normalized spacial score (nSPS) is 20.2. The molecule has 1 aliphatic rings. The summed E-state index contributed by atoms with van der Waals surface area (Å²) < 4.78 is 0. The van der Waals surface area contributed by atoms with Gasteiger partial charge in [-0.15, -0.1) is 0 Å². The Morgan fingerprint density at radius 1 is 1.35 bits per heavy atom. The summed E-state index contributed by atoms with van der Waals surface area (Å²) in [6, 6.07) is 0. The van der Waals surface area contributed by atoms with Crippen LogP contribution in [0, 0.1) is 12.8 Å². The molecule has 0 saturated carbocycles. The summed E-state index contributed by atoms with van der Waals surface area (Å²) in [4.78, 5) is 11.4. The van der Waals surface area contributed by atoms with Crippen LogP contribution in [0.2, 0.25) is 0 Å². The molecule has 0 aromatic carbocycles. The summed E-state index contributed by atoms with van der Waals surface area (Å²) in [5.74, 6) is 2.60. The van der Waals surface area contributed by atoms with Gasteiger partial charge >= 0.3 is 0 Å². The van der Waals surface area contributed by atoms with Crippen molar-refractivity contribution in [2.45, 2.75) is 46.0 Å². The Balaban J connectivity index is 2.37. The summed E-state index contributed by atoms with van der Waals surface area (Å²) in [6.45, 7) is 10.3. The topological polar surface area (TPSA) is 75.3 Å². The lowest BCUT2D eigenvalue weighted by molar-refractivity contribution is 0.208. The third-order valence-corrected chi connectivity index (χ3v) is 3.91. The van der Waals surface area contributed by atoms with Gasteiger partial charge in [-0.05, 0) is 25.7 Å². The van der Waals surface area contributed by atoms with Crippen LogP contribution in [0.1, 0.15) is 45.0 Å². The molecule has 112 valence electrons. The van der Waals surface area contributed by atoms with Crippen LogP contribution in [0.25, 0.3) is 0 Å². The summed E-state index contributed by atoms with van der Waals surface area (Å²) in [5, 5.41) is 9.38. The molecule has 1 atom stereocenters. The van der Waals surface area contributed by atoms with Crippen molar-refractivity contribution in [1.29, 1.82) is 0 Å². The van der Waals surface area contributed by atoms with Crippen molar-refractivity contribution in [1.82, 2.24) is 9.97 Å². The molecule has 1 aliphatic heterocycles. The highest BCUT2D eigenvalue weighted by Gasteiger charge is 2.25. The van der Waals surface area contributed by atoms with Gasteiger partial charge in [0.2, 0.25) is 0 Å². The molecule has 0 aliphatic carbocycles. The van der Waals surface area contributed by atoms with Crippen LogP contribution < -0.4 is 10.6 Å². The fourth-order valence-electron chi connectivity index (χ4n) is 2.57. The summed E-state index contributed by atoms with van der Waals surface area (Å²) in [6.07, 6.45) is 2.16. The number of aromatic nitrogens is 2. The zero-order valence-electron chi connectivity index (χ0n) is 13.0. The number of piperidine rings is 1. The van der Waals surface area contributed by atoms with Crippen molar-refractivity contribution in [2.24, 2.45) is 5.92 Å². The van der Waals surface area contributed by atoms with Crippen LogP contribution in [0.4, 0.5) is 11.6 Å². The maximum atomic E-state index is 9.38. The first-order chi connectivity index (χ1) is 9.32. The number of aliphatic hydroxyl groups excluding tert-OH is 1. The average Bonchev–Trinajstić information content (AvgIpc) is 2.40. The minimum Gasteiger partial charge on any atom is -0.396 e. The molecule has 2 heterocycles. The lowest BCUT2D eigenvalue weighted by Gasteiger charge is -2.34. The van der Waals surface area contributed by atoms with Gasteiger partial charge < -0.3 is 15.7 Å². The number of anilines is 2. The van der Waals surface area contributed by atoms with E-state index in [0.717, 1.165) is 43.1 Å². The highest BCUT2D eigenvalue weighted by atomic mass is 16.3. The van der Waals surface area contributed by atoms with Gasteiger partial charge in [0.25, 0.3) is 0 Å². The number of hydrogen-bond acceptors (Lipinski definition) is 5. The smallest absolute Gasteiger partial charge is 0.138 e. The molecule has 0 spiro atoms. The zero-order chi connectivity index (χ0) is 14.9. The van der Waals surface area contributed by atoms with Crippen molar-refractivity contribution in [3.05, 3.63) is 11.4 Å². The van der Waals surface area contributed by atoms with Gasteiger partial charge in [0.1, 0.15) is 17.5 Å². The summed E-state index contributed by atoms with van der Waals surface area (Å²) >= 11 is 0. The van der Waals surface area contributed by atoms with Gasteiger partial charge in [0, 0.05) is 30.7 Å². The second kappa shape index (κ2) is 5.56. The van der Waals surface area contributed by atoms with E-state index in [2.05, 4.69) is 30.7 Å². The highest BCUT2D eigenvalue weighted by Crippen LogP contribution is 2.29. The SMILES string of the molecule is Cc1c(N)nc(C(C)(C)C)nc1N1CCCC(CO)C1. The van der Waals surface area contributed by atoms with Gasteiger partial charge in [-0.1, -0.05) is 20.8 Å². The second-order valence-electron chi connectivity index (χ2n) is 6.77. The molecule has 20 heavy (non-hydrogen) atoms. The largest absolute Gasteiger partial charge is 0.396 e. The molecule has 1 aromatic heterocycles. The molecule has 5 nitrogen and oxygen atoms in total. The van der Waals surface area contributed by atoms with Gasteiger partial charge in [0.05, 0.1) is 0 Å². The second-order valence-corrected chi connectivity index (χ2v) is 6.77. The molecule has 2 rings (SSSR count). The monoisotopic (exact) mass is 278 g/mol.